The van der Waals surface area contributed by atoms with Crippen LogP contribution >= 0.6 is 11.6 Å². The molecule has 1 aliphatic rings. The number of anilines is 1. The van der Waals surface area contributed by atoms with E-state index in [1.807, 2.05) is 43.3 Å². The lowest BCUT2D eigenvalue weighted by atomic mass is 9.95. The number of Topliss-reactive ketones (excluding diaryl/α,β-unsaturated/α-hetero) is 1. The molecule has 0 aliphatic carbocycles. The molecule has 0 bridgehead atoms. The first kappa shape index (κ1) is 20.8. The molecule has 2 heterocycles. The number of furan rings is 1. The minimum Gasteiger partial charge on any atom is -0.507 e. The van der Waals surface area contributed by atoms with E-state index in [1.54, 1.807) is 36.4 Å². The smallest absolute Gasteiger partial charge is 0.296 e. The van der Waals surface area contributed by atoms with Crippen molar-refractivity contribution in [3.63, 3.8) is 0 Å². The second kappa shape index (κ2) is 8.32. The summed E-state index contributed by atoms with van der Waals surface area (Å²) in [5, 5.41) is 11.5. The van der Waals surface area contributed by atoms with Gasteiger partial charge in [-0.1, -0.05) is 23.7 Å². The van der Waals surface area contributed by atoms with Crippen molar-refractivity contribution < 1.29 is 19.1 Å². The lowest BCUT2D eigenvalue weighted by Crippen LogP contribution is -2.29. The summed E-state index contributed by atoms with van der Waals surface area (Å²) < 4.78 is 5.40. The van der Waals surface area contributed by atoms with Crippen molar-refractivity contribution in [1.82, 2.24) is 4.90 Å². The van der Waals surface area contributed by atoms with E-state index in [4.69, 9.17) is 16.0 Å². The molecule has 158 valence electrons. The minimum atomic E-state index is -0.753. The van der Waals surface area contributed by atoms with Gasteiger partial charge in [-0.05, 0) is 54.1 Å². The predicted molar refractivity (Wildman–Crippen MR) is 119 cm³/mol. The molecule has 1 aliphatic heterocycles. The summed E-state index contributed by atoms with van der Waals surface area (Å²) in [5.41, 5.74) is 2.14. The van der Waals surface area contributed by atoms with Gasteiger partial charge in [0.25, 0.3) is 11.7 Å². The van der Waals surface area contributed by atoms with Gasteiger partial charge in [-0.15, -0.1) is 0 Å². The molecule has 0 saturated carbocycles. The first-order chi connectivity index (χ1) is 14.9. The van der Waals surface area contributed by atoms with Crippen LogP contribution in [-0.2, 0) is 16.1 Å². The molecule has 1 atom stereocenters. The molecule has 0 spiro atoms. The van der Waals surface area contributed by atoms with Crippen molar-refractivity contribution in [2.45, 2.75) is 12.6 Å². The van der Waals surface area contributed by atoms with Crippen LogP contribution in [0.25, 0.3) is 5.76 Å². The maximum absolute atomic E-state index is 13.0. The zero-order chi connectivity index (χ0) is 22.1. The Morgan fingerprint density at radius 2 is 1.74 bits per heavy atom. The maximum atomic E-state index is 13.0. The number of benzene rings is 2. The fourth-order valence-corrected chi connectivity index (χ4v) is 3.80. The highest BCUT2D eigenvalue weighted by molar-refractivity contribution is 6.46. The van der Waals surface area contributed by atoms with E-state index in [1.165, 1.54) is 11.2 Å². The quantitative estimate of drug-likeness (QED) is 0.359. The van der Waals surface area contributed by atoms with Gasteiger partial charge in [0, 0.05) is 30.4 Å². The van der Waals surface area contributed by atoms with Crippen LogP contribution in [0.1, 0.15) is 22.9 Å². The number of rotatable bonds is 5. The maximum Gasteiger partial charge on any atom is 0.296 e. The van der Waals surface area contributed by atoms with Gasteiger partial charge in [-0.3, -0.25) is 9.59 Å². The van der Waals surface area contributed by atoms with Crippen molar-refractivity contribution in [3.8, 4) is 0 Å². The average Bonchev–Trinajstić information content (AvgIpc) is 3.36. The predicted octanol–water partition coefficient (Wildman–Crippen LogP) is 4.62. The van der Waals surface area contributed by atoms with Crippen molar-refractivity contribution in [2.24, 2.45) is 0 Å². The van der Waals surface area contributed by atoms with Crippen molar-refractivity contribution in [2.75, 3.05) is 19.0 Å². The molecule has 4 rings (SSSR count). The first-order valence-corrected chi connectivity index (χ1v) is 10.1. The van der Waals surface area contributed by atoms with Gasteiger partial charge >= 0.3 is 0 Å². The first-order valence-electron chi connectivity index (χ1n) is 9.71. The summed E-state index contributed by atoms with van der Waals surface area (Å²) in [6, 6.07) is 16.7. The number of likely N-dealkylation sites (tertiary alicyclic amines) is 1. The second-order valence-corrected chi connectivity index (χ2v) is 7.94. The standard InChI is InChI=1S/C24H21ClN2O4/c1-26(2)18-11-7-15(8-12-18)21-20(22(28)16-5-9-17(25)10-6-16)23(29)24(30)27(21)14-19-4-3-13-31-19/h3-13,21,28H,14H2,1-2H3/b22-20+/t21-/m1/s1. The fraction of sp³-hybridized carbons (Fsp3) is 0.167. The molecule has 1 amide bonds. The monoisotopic (exact) mass is 436 g/mol. The van der Waals surface area contributed by atoms with Crippen LogP contribution in [0.2, 0.25) is 5.02 Å². The molecule has 1 aromatic heterocycles. The van der Waals surface area contributed by atoms with Crippen LogP contribution in [0.5, 0.6) is 0 Å². The fourth-order valence-electron chi connectivity index (χ4n) is 3.68. The number of ketones is 1. The molecular formula is C24H21ClN2O4. The Bertz CT molecular complexity index is 1130. The van der Waals surface area contributed by atoms with Crippen LogP contribution < -0.4 is 4.90 Å². The molecule has 0 unspecified atom stereocenters. The van der Waals surface area contributed by atoms with Crippen LogP contribution in [0.15, 0.2) is 76.9 Å². The Balaban J connectivity index is 1.84. The number of aliphatic hydroxyl groups excluding tert-OH is 1. The number of amides is 1. The summed E-state index contributed by atoms with van der Waals surface area (Å²) >= 11 is 5.95. The van der Waals surface area contributed by atoms with Gasteiger partial charge in [-0.2, -0.15) is 0 Å². The van der Waals surface area contributed by atoms with E-state index >= 15 is 0 Å². The Kier molecular flexibility index (Phi) is 5.57. The van der Waals surface area contributed by atoms with E-state index in [9.17, 15) is 14.7 Å². The summed E-state index contributed by atoms with van der Waals surface area (Å²) in [5.74, 6) is -1.11. The molecule has 1 N–H and O–H groups in total. The zero-order valence-electron chi connectivity index (χ0n) is 17.1. The number of carbonyl (C=O) groups is 2. The third-order valence-corrected chi connectivity index (χ3v) is 5.54. The topological polar surface area (TPSA) is 74.0 Å². The van der Waals surface area contributed by atoms with Crippen LogP contribution in [-0.4, -0.2) is 35.8 Å². The largest absolute Gasteiger partial charge is 0.507 e. The molecule has 6 nitrogen and oxygen atoms in total. The lowest BCUT2D eigenvalue weighted by molar-refractivity contribution is -0.140. The third kappa shape index (κ3) is 3.94. The van der Waals surface area contributed by atoms with Crippen LogP contribution in [0.4, 0.5) is 5.69 Å². The van der Waals surface area contributed by atoms with E-state index in [0.717, 1.165) is 5.69 Å². The van der Waals surface area contributed by atoms with Crippen LogP contribution in [0, 0.1) is 0 Å². The number of halogens is 1. The van der Waals surface area contributed by atoms with Gasteiger partial charge in [0.2, 0.25) is 0 Å². The van der Waals surface area contributed by atoms with E-state index in [2.05, 4.69) is 0 Å². The zero-order valence-corrected chi connectivity index (χ0v) is 17.8. The Morgan fingerprint density at radius 1 is 1.06 bits per heavy atom. The number of carbonyl (C=O) groups excluding carboxylic acids is 2. The SMILES string of the molecule is CN(C)c1ccc([C@@H]2/C(=C(\O)c3ccc(Cl)cc3)C(=O)C(=O)N2Cc2ccco2)cc1. The van der Waals surface area contributed by atoms with E-state index < -0.39 is 17.7 Å². The normalized spacial score (nSPS) is 17.9. The van der Waals surface area contributed by atoms with Gasteiger partial charge < -0.3 is 19.3 Å². The molecule has 2 aromatic carbocycles. The van der Waals surface area contributed by atoms with Crippen molar-refractivity contribution >= 4 is 34.7 Å². The van der Waals surface area contributed by atoms with Crippen molar-refractivity contribution in [3.05, 3.63) is 94.4 Å². The van der Waals surface area contributed by atoms with Crippen molar-refractivity contribution in [1.29, 1.82) is 0 Å². The summed E-state index contributed by atoms with van der Waals surface area (Å²) in [7, 11) is 3.86. The molecule has 1 fully saturated rings. The summed E-state index contributed by atoms with van der Waals surface area (Å²) in [6.45, 7) is 0.106. The highest BCUT2D eigenvalue weighted by Crippen LogP contribution is 2.40. The highest BCUT2D eigenvalue weighted by Gasteiger charge is 2.46. The molecule has 1 saturated heterocycles. The summed E-state index contributed by atoms with van der Waals surface area (Å²) in [4.78, 5) is 29.3. The van der Waals surface area contributed by atoms with E-state index in [-0.39, 0.29) is 17.9 Å². The van der Waals surface area contributed by atoms with E-state index in [0.29, 0.717) is 21.9 Å². The van der Waals surface area contributed by atoms with Gasteiger partial charge in [0.05, 0.1) is 24.4 Å². The Morgan fingerprint density at radius 3 is 2.32 bits per heavy atom. The highest BCUT2D eigenvalue weighted by atomic mass is 35.5. The lowest BCUT2D eigenvalue weighted by Gasteiger charge is -2.25. The number of hydrogen-bond acceptors (Lipinski definition) is 5. The average molecular weight is 437 g/mol. The van der Waals surface area contributed by atoms with Crippen LogP contribution in [0.3, 0.4) is 0 Å². The molecule has 7 heteroatoms. The molecule has 0 radical (unpaired) electrons. The summed E-state index contributed by atoms with van der Waals surface area (Å²) in [6.07, 6.45) is 1.51. The second-order valence-electron chi connectivity index (χ2n) is 7.50. The third-order valence-electron chi connectivity index (χ3n) is 5.29. The molecular weight excluding hydrogens is 416 g/mol. The van der Waals surface area contributed by atoms with Gasteiger partial charge in [0.15, 0.2) is 0 Å². The van der Waals surface area contributed by atoms with Gasteiger partial charge in [-0.25, -0.2) is 0 Å². The Hall–Kier alpha value is -3.51. The number of nitrogens with zero attached hydrogens (tertiary/aromatic N) is 2. The Labute approximate surface area is 185 Å². The minimum absolute atomic E-state index is 0.0384. The number of hydrogen-bond donors (Lipinski definition) is 1. The number of aliphatic hydroxyl groups is 1. The van der Waals surface area contributed by atoms with Gasteiger partial charge in [0.1, 0.15) is 11.5 Å². The molecule has 3 aromatic rings. The molecule has 31 heavy (non-hydrogen) atoms.